The second kappa shape index (κ2) is 40.1. The van der Waals surface area contributed by atoms with Crippen molar-refractivity contribution in [1.82, 2.24) is 0 Å². The summed E-state index contributed by atoms with van der Waals surface area (Å²) >= 11 is 13.5. The number of carboxylic acid groups (broad SMARTS) is 3. The normalized spacial score (nSPS) is 12.3. The summed E-state index contributed by atoms with van der Waals surface area (Å²) in [5.74, 6) is -3.16. The van der Waals surface area contributed by atoms with Gasteiger partial charge in [-0.1, -0.05) is 19.3 Å². The van der Waals surface area contributed by atoms with Gasteiger partial charge < -0.3 is 43.9 Å². The maximum Gasteiger partial charge on any atom is 0.0462 e. The number of carboxylic acids is 3. The number of hydrogen-bond acceptors (Lipinski definition) is 12. The zero-order valence-corrected chi connectivity index (χ0v) is 31.0. The smallest absolute Gasteiger partial charge is 0.0462 e. The van der Waals surface area contributed by atoms with Crippen molar-refractivity contribution in [3.63, 3.8) is 0 Å². The molecule has 3 unspecified atom stereocenters. The van der Waals surface area contributed by atoms with Crippen molar-refractivity contribution in [1.29, 1.82) is 0 Å². The molecule has 0 heterocycles. The monoisotopic (exact) mass is 750 g/mol. The molecular weight excluding hydrogens is 695 g/mol. The minimum atomic E-state index is -0.998. The standard InChI is InChI=1S/3C8H16O3S.C4H9.Sn/c3*1-11-5-3-2-4-7(6-12)8(9)10;1-3-4-2;/h3*7,12H,2-6H2,1H3,(H,9,10);1,3-4H2,2H3;/q;;;;+3/p-3. The Morgan fingerprint density at radius 1 is 0.585 bits per heavy atom. The fourth-order valence-corrected chi connectivity index (χ4v) is 4.94. The number of rotatable bonds is 23. The molecule has 242 valence electrons. The van der Waals surface area contributed by atoms with E-state index in [1.165, 1.54) is 17.3 Å². The second-order valence-corrected chi connectivity index (χ2v) is 11.7. The van der Waals surface area contributed by atoms with Crippen LogP contribution in [0.25, 0.3) is 0 Å². The van der Waals surface area contributed by atoms with E-state index in [-0.39, 0.29) is 0 Å². The Kier molecular flexibility index (Phi) is 47.0. The Hall–Kier alpha value is 0.139. The van der Waals surface area contributed by atoms with Crippen LogP contribution in [-0.4, -0.2) is 98.8 Å². The third-order valence-electron chi connectivity index (χ3n) is 5.64. The van der Waals surface area contributed by atoms with Gasteiger partial charge in [0.2, 0.25) is 0 Å². The SMILES string of the molecule is CCC[CH2][Sn+3].COCCCCC(CS)C(=O)[O-].COCCCCC(CS)C(=O)[O-].COCCCCC(CS)C(=O)[O-]. The van der Waals surface area contributed by atoms with Crippen molar-refractivity contribution in [2.24, 2.45) is 17.8 Å². The molecule has 0 bridgehead atoms. The summed E-state index contributed by atoms with van der Waals surface area (Å²) in [6.45, 7) is 4.29. The summed E-state index contributed by atoms with van der Waals surface area (Å²) < 4.78 is 15.9. The Bertz CT molecular complexity index is 503. The molecule has 0 rings (SSSR count). The van der Waals surface area contributed by atoms with Gasteiger partial charge in [0.05, 0.1) is 0 Å². The Morgan fingerprint density at radius 3 is 0.976 bits per heavy atom. The van der Waals surface area contributed by atoms with Crippen molar-refractivity contribution < 1.29 is 43.9 Å². The molecule has 0 aromatic heterocycles. The van der Waals surface area contributed by atoms with E-state index < -0.39 is 35.7 Å². The summed E-state index contributed by atoms with van der Waals surface area (Å²) in [6.07, 6.45) is 9.95. The molecule has 0 radical (unpaired) electrons. The minimum absolute atomic E-state index is 0.356. The topological polar surface area (TPSA) is 148 Å². The molecule has 0 N–H and O–H groups in total. The third-order valence-corrected chi connectivity index (χ3v) is 7.98. The van der Waals surface area contributed by atoms with Gasteiger partial charge in [0.1, 0.15) is 0 Å². The van der Waals surface area contributed by atoms with E-state index in [2.05, 4.69) is 44.8 Å². The van der Waals surface area contributed by atoms with Crippen LogP contribution in [0.4, 0.5) is 0 Å². The molecule has 0 amide bonds. The van der Waals surface area contributed by atoms with Crippen LogP contribution in [0.15, 0.2) is 0 Å². The predicted octanol–water partition coefficient (Wildman–Crippen LogP) is 1.67. The van der Waals surface area contributed by atoms with E-state index in [1.807, 2.05) is 0 Å². The molecule has 0 aliphatic rings. The molecule has 0 aliphatic heterocycles. The fourth-order valence-electron chi connectivity index (χ4n) is 2.94. The molecule has 9 nitrogen and oxygen atoms in total. The van der Waals surface area contributed by atoms with Crippen molar-refractivity contribution in [3.05, 3.63) is 0 Å². The van der Waals surface area contributed by atoms with Crippen molar-refractivity contribution in [2.75, 3.05) is 58.4 Å². The maximum absolute atomic E-state index is 10.4. The number of hydrogen-bond donors (Lipinski definition) is 3. The minimum Gasteiger partial charge on any atom is -0.550 e. The average Bonchev–Trinajstić information content (AvgIpc) is 2.94. The molecular formula is C28H54O9S3Sn. The number of methoxy groups -OCH3 is 3. The van der Waals surface area contributed by atoms with Crippen LogP contribution in [0, 0.1) is 17.8 Å². The van der Waals surface area contributed by atoms with E-state index in [0.717, 1.165) is 38.5 Å². The summed E-state index contributed by atoms with van der Waals surface area (Å²) in [5, 5.41) is 31.2. The first-order valence-electron chi connectivity index (χ1n) is 14.1. The quantitative estimate of drug-likeness (QED) is 0.0807. The fraction of sp³-hybridized carbons (Fsp3) is 0.893. The van der Waals surface area contributed by atoms with Gasteiger partial charge in [-0.05, 0) is 55.8 Å². The molecule has 0 aromatic rings. The number of ether oxygens (including phenoxy) is 3. The Morgan fingerprint density at radius 2 is 0.854 bits per heavy atom. The first kappa shape index (κ1) is 48.1. The van der Waals surface area contributed by atoms with Crippen LogP contribution in [0.3, 0.4) is 0 Å². The zero-order valence-electron chi connectivity index (χ0n) is 25.5. The largest absolute Gasteiger partial charge is 0.550 e. The number of unbranched alkanes of at least 4 members (excludes halogenated alkanes) is 4. The Balaban J connectivity index is -0.000000231. The van der Waals surface area contributed by atoms with Gasteiger partial charge in [0.15, 0.2) is 0 Å². The predicted molar refractivity (Wildman–Crippen MR) is 170 cm³/mol. The van der Waals surface area contributed by atoms with Gasteiger partial charge in [-0.3, -0.25) is 0 Å². The van der Waals surface area contributed by atoms with Gasteiger partial charge in [-0.25, -0.2) is 0 Å². The van der Waals surface area contributed by atoms with Crippen molar-refractivity contribution in [2.45, 2.75) is 82.0 Å². The van der Waals surface area contributed by atoms with Crippen molar-refractivity contribution >= 4 is 78.3 Å². The van der Waals surface area contributed by atoms with E-state index >= 15 is 0 Å². The van der Waals surface area contributed by atoms with Crippen molar-refractivity contribution in [3.8, 4) is 0 Å². The summed E-state index contributed by atoms with van der Waals surface area (Å²) in [7, 11) is 4.90. The number of carbonyl (C=O) groups is 3. The van der Waals surface area contributed by atoms with E-state index in [0.29, 0.717) is 56.3 Å². The average molecular weight is 750 g/mol. The van der Waals surface area contributed by atoms with Crippen LogP contribution >= 0.6 is 37.9 Å². The Labute approximate surface area is 278 Å². The molecule has 0 aliphatic carbocycles. The van der Waals surface area contributed by atoms with E-state index in [9.17, 15) is 29.7 Å². The number of carbonyl (C=O) groups excluding carboxylic acids is 3. The van der Waals surface area contributed by atoms with Gasteiger partial charge in [-0.15, -0.1) is 0 Å². The van der Waals surface area contributed by atoms with E-state index in [1.54, 1.807) is 43.9 Å². The van der Waals surface area contributed by atoms with Gasteiger partial charge >= 0.3 is 46.7 Å². The van der Waals surface area contributed by atoms with Gasteiger partial charge in [0.25, 0.3) is 0 Å². The maximum atomic E-state index is 10.4. The van der Waals surface area contributed by atoms with Crippen LogP contribution in [0.1, 0.15) is 77.6 Å². The van der Waals surface area contributed by atoms with Crippen LogP contribution < -0.4 is 15.3 Å². The first-order valence-corrected chi connectivity index (χ1v) is 18.1. The molecule has 0 aromatic carbocycles. The molecule has 0 saturated heterocycles. The van der Waals surface area contributed by atoms with Gasteiger partial charge in [-0.2, -0.15) is 37.9 Å². The van der Waals surface area contributed by atoms with Crippen LogP contribution in [0.2, 0.25) is 4.44 Å². The van der Waals surface area contributed by atoms with Crippen LogP contribution in [0.5, 0.6) is 0 Å². The second-order valence-electron chi connectivity index (χ2n) is 9.16. The third kappa shape index (κ3) is 40.1. The summed E-state index contributed by atoms with van der Waals surface area (Å²) in [4.78, 5) is 31.2. The first-order chi connectivity index (χ1) is 19.6. The molecule has 13 heteroatoms. The molecule has 0 saturated carbocycles. The van der Waals surface area contributed by atoms with Gasteiger partial charge in [0, 0.05) is 76.8 Å². The summed E-state index contributed by atoms with van der Waals surface area (Å²) in [5.41, 5.74) is 0. The van der Waals surface area contributed by atoms with Crippen LogP contribution in [-0.2, 0) is 28.6 Å². The molecule has 0 fully saturated rings. The molecule has 0 spiro atoms. The zero-order chi connectivity index (χ0) is 32.3. The van der Waals surface area contributed by atoms with E-state index in [4.69, 9.17) is 14.2 Å². The number of thiol groups is 3. The number of aliphatic carboxylic acids is 3. The summed E-state index contributed by atoms with van der Waals surface area (Å²) in [6, 6.07) is 0. The molecule has 41 heavy (non-hydrogen) atoms. The molecule has 3 atom stereocenters.